The van der Waals surface area contributed by atoms with E-state index in [1.54, 1.807) is 0 Å². The molecule has 0 saturated carbocycles. The zero-order valence-corrected chi connectivity index (χ0v) is 18.1. The molecule has 0 bridgehead atoms. The summed E-state index contributed by atoms with van der Waals surface area (Å²) in [4.78, 5) is 32.9. The van der Waals surface area contributed by atoms with Gasteiger partial charge in [-0.3, -0.25) is 9.59 Å². The molecule has 1 aliphatic rings. The van der Waals surface area contributed by atoms with Crippen molar-refractivity contribution in [1.82, 2.24) is 15.1 Å². The number of rotatable bonds is 7. The maximum Gasteiger partial charge on any atom is 0.308 e. The third kappa shape index (κ3) is 6.21. The van der Waals surface area contributed by atoms with Crippen molar-refractivity contribution in [3.05, 3.63) is 35.4 Å². The van der Waals surface area contributed by atoms with E-state index in [0.29, 0.717) is 25.2 Å². The highest BCUT2D eigenvalue weighted by molar-refractivity contribution is 5.94. The fourth-order valence-electron chi connectivity index (χ4n) is 3.53. The molecule has 1 amide bonds. The van der Waals surface area contributed by atoms with Crippen LogP contribution in [0.4, 0.5) is 0 Å². The Labute approximate surface area is 174 Å². The van der Waals surface area contributed by atoms with Gasteiger partial charge in [0.2, 0.25) is 0 Å². The van der Waals surface area contributed by atoms with E-state index in [-0.39, 0.29) is 17.8 Å². The third-order valence-corrected chi connectivity index (χ3v) is 5.33. The Kier molecular flexibility index (Phi) is 8.96. The number of methoxy groups -OCH3 is 1. The zero-order valence-electron chi connectivity index (χ0n) is 18.1. The van der Waals surface area contributed by atoms with E-state index >= 15 is 0 Å². The number of benzene rings is 1. The predicted molar refractivity (Wildman–Crippen MR) is 115 cm³/mol. The fourth-order valence-corrected chi connectivity index (χ4v) is 3.53. The number of hydrogen-bond acceptors (Lipinski definition) is 4. The lowest BCUT2D eigenvalue weighted by atomic mass is 9.97. The van der Waals surface area contributed by atoms with Gasteiger partial charge in [-0.05, 0) is 51.3 Å². The fraction of sp³-hybridized carbons (Fsp3) is 0.591. The van der Waals surface area contributed by atoms with Gasteiger partial charge in [-0.2, -0.15) is 0 Å². The van der Waals surface area contributed by atoms with Crippen LogP contribution in [0, 0.1) is 5.92 Å². The number of guanidine groups is 1. The second-order valence-electron chi connectivity index (χ2n) is 7.13. The topological polar surface area (TPSA) is 74.2 Å². The largest absolute Gasteiger partial charge is 0.469 e. The summed E-state index contributed by atoms with van der Waals surface area (Å²) in [5, 5.41) is 3.34. The van der Waals surface area contributed by atoms with Crippen molar-refractivity contribution < 1.29 is 14.3 Å². The number of aliphatic imine (C=N–C) groups is 1. The molecule has 1 saturated heterocycles. The standard InChI is InChI=1S/C22H34N4O3/c1-5-23-22(26-14-12-19(13-15-26)21(28)29-4)24-16-17-8-10-18(11-9-17)20(27)25(6-2)7-3/h8-11,19H,5-7,12-16H2,1-4H3,(H,23,24). The average molecular weight is 403 g/mol. The third-order valence-electron chi connectivity index (χ3n) is 5.33. The van der Waals surface area contributed by atoms with E-state index in [1.165, 1.54) is 7.11 Å². The van der Waals surface area contributed by atoms with Gasteiger partial charge in [-0.1, -0.05) is 12.1 Å². The Hall–Kier alpha value is -2.57. The Balaban J connectivity index is 2.00. The predicted octanol–water partition coefficient (Wildman–Crippen LogP) is 2.52. The molecule has 1 heterocycles. The zero-order chi connectivity index (χ0) is 21.2. The van der Waals surface area contributed by atoms with Crippen LogP contribution in [0.25, 0.3) is 0 Å². The number of piperidine rings is 1. The molecule has 29 heavy (non-hydrogen) atoms. The lowest BCUT2D eigenvalue weighted by Gasteiger charge is -2.33. The van der Waals surface area contributed by atoms with E-state index in [9.17, 15) is 9.59 Å². The smallest absolute Gasteiger partial charge is 0.308 e. The molecule has 0 spiro atoms. The maximum atomic E-state index is 12.4. The van der Waals surface area contributed by atoms with Crippen molar-refractivity contribution in [2.24, 2.45) is 10.9 Å². The summed E-state index contributed by atoms with van der Waals surface area (Å²) in [5.41, 5.74) is 1.76. The molecular weight excluding hydrogens is 368 g/mol. The molecule has 0 atom stereocenters. The highest BCUT2D eigenvalue weighted by Crippen LogP contribution is 2.18. The lowest BCUT2D eigenvalue weighted by molar-refractivity contribution is -0.146. The number of ether oxygens (including phenoxy) is 1. The monoisotopic (exact) mass is 402 g/mol. The maximum absolute atomic E-state index is 12.4. The molecule has 0 unspecified atom stereocenters. The van der Waals surface area contributed by atoms with Gasteiger partial charge in [0.05, 0.1) is 19.6 Å². The molecule has 1 aliphatic heterocycles. The second-order valence-corrected chi connectivity index (χ2v) is 7.13. The molecule has 1 fully saturated rings. The summed E-state index contributed by atoms with van der Waals surface area (Å²) < 4.78 is 4.86. The Morgan fingerprint density at radius 2 is 1.76 bits per heavy atom. The first kappa shape index (κ1) is 22.7. The highest BCUT2D eigenvalue weighted by atomic mass is 16.5. The van der Waals surface area contributed by atoms with Crippen LogP contribution in [0.3, 0.4) is 0 Å². The van der Waals surface area contributed by atoms with Crippen LogP contribution in [0.15, 0.2) is 29.3 Å². The summed E-state index contributed by atoms with van der Waals surface area (Å²) in [5.74, 6) is 0.784. The molecular formula is C22H34N4O3. The summed E-state index contributed by atoms with van der Waals surface area (Å²) in [6.07, 6.45) is 1.55. The van der Waals surface area contributed by atoms with E-state index in [0.717, 1.165) is 44.0 Å². The van der Waals surface area contributed by atoms with Crippen molar-refractivity contribution in [1.29, 1.82) is 0 Å². The first-order chi connectivity index (χ1) is 14.0. The number of carbonyl (C=O) groups is 2. The van der Waals surface area contributed by atoms with Gasteiger partial charge in [0, 0.05) is 38.3 Å². The van der Waals surface area contributed by atoms with Crippen molar-refractivity contribution in [3.8, 4) is 0 Å². The van der Waals surface area contributed by atoms with Crippen LogP contribution >= 0.6 is 0 Å². The summed E-state index contributed by atoms with van der Waals surface area (Å²) in [7, 11) is 1.45. The molecule has 7 heteroatoms. The number of amides is 1. The Morgan fingerprint density at radius 3 is 2.28 bits per heavy atom. The minimum absolute atomic E-state index is 0.0185. The van der Waals surface area contributed by atoms with Gasteiger partial charge < -0.3 is 19.9 Å². The summed E-state index contributed by atoms with van der Waals surface area (Å²) >= 11 is 0. The minimum atomic E-state index is -0.120. The van der Waals surface area contributed by atoms with Crippen LogP contribution in [0.2, 0.25) is 0 Å². The van der Waals surface area contributed by atoms with Crippen LogP contribution in [0.5, 0.6) is 0 Å². The number of nitrogens with one attached hydrogen (secondary N) is 1. The van der Waals surface area contributed by atoms with E-state index in [2.05, 4.69) is 10.2 Å². The number of likely N-dealkylation sites (tertiary alicyclic amines) is 1. The van der Waals surface area contributed by atoms with Gasteiger partial charge in [0.25, 0.3) is 5.91 Å². The van der Waals surface area contributed by atoms with Crippen LogP contribution in [0.1, 0.15) is 49.5 Å². The quantitative estimate of drug-likeness (QED) is 0.431. The summed E-state index contributed by atoms with van der Waals surface area (Å²) in [6.45, 7) is 10.3. The summed E-state index contributed by atoms with van der Waals surface area (Å²) in [6, 6.07) is 7.68. The van der Waals surface area contributed by atoms with Crippen molar-refractivity contribution in [2.45, 2.75) is 40.2 Å². The van der Waals surface area contributed by atoms with E-state index < -0.39 is 0 Å². The second kappa shape index (κ2) is 11.4. The van der Waals surface area contributed by atoms with Crippen LogP contribution in [-0.2, 0) is 16.1 Å². The lowest BCUT2D eigenvalue weighted by Crippen LogP contribution is -2.46. The van der Waals surface area contributed by atoms with E-state index in [4.69, 9.17) is 9.73 Å². The van der Waals surface area contributed by atoms with Gasteiger partial charge in [0.15, 0.2) is 5.96 Å². The molecule has 0 aromatic heterocycles. The molecule has 1 N–H and O–H groups in total. The van der Waals surface area contributed by atoms with Gasteiger partial charge in [-0.15, -0.1) is 0 Å². The number of esters is 1. The Bertz CT molecular complexity index is 691. The number of hydrogen-bond donors (Lipinski definition) is 1. The molecule has 1 aromatic carbocycles. The van der Waals surface area contributed by atoms with Gasteiger partial charge in [-0.25, -0.2) is 4.99 Å². The first-order valence-electron chi connectivity index (χ1n) is 10.5. The minimum Gasteiger partial charge on any atom is -0.469 e. The average Bonchev–Trinajstić information content (AvgIpc) is 2.77. The SMILES string of the molecule is CCNC(=NCc1ccc(C(=O)N(CC)CC)cc1)N1CCC(C(=O)OC)CC1. The van der Waals surface area contributed by atoms with E-state index in [1.807, 2.05) is 49.9 Å². The Morgan fingerprint density at radius 1 is 1.14 bits per heavy atom. The van der Waals surface area contributed by atoms with Crippen LogP contribution in [-0.4, -0.2) is 67.5 Å². The van der Waals surface area contributed by atoms with Crippen molar-refractivity contribution in [3.63, 3.8) is 0 Å². The number of nitrogens with zero attached hydrogens (tertiary/aromatic N) is 3. The highest BCUT2D eigenvalue weighted by Gasteiger charge is 2.26. The number of carbonyl (C=O) groups excluding carboxylic acids is 2. The molecule has 0 aliphatic carbocycles. The first-order valence-corrected chi connectivity index (χ1v) is 10.5. The molecule has 1 aromatic rings. The molecule has 2 rings (SSSR count). The van der Waals surface area contributed by atoms with Crippen molar-refractivity contribution >= 4 is 17.8 Å². The molecule has 160 valence electrons. The molecule has 7 nitrogen and oxygen atoms in total. The van der Waals surface area contributed by atoms with Gasteiger partial charge in [0.1, 0.15) is 0 Å². The van der Waals surface area contributed by atoms with Crippen molar-refractivity contribution in [2.75, 3.05) is 39.8 Å². The van der Waals surface area contributed by atoms with Gasteiger partial charge >= 0.3 is 5.97 Å². The normalized spacial score (nSPS) is 15.2. The van der Waals surface area contributed by atoms with Crippen LogP contribution < -0.4 is 5.32 Å². The molecule has 0 radical (unpaired) electrons.